The SMILES string of the molecule is N#Cc1cccnc1N1CCCN(C(=O)c2cc(Cc3c[nH]c(=O)c4cc(Cl)c(Cl)n34)ccc2F)CC1. The lowest BCUT2D eigenvalue weighted by atomic mass is 10.0. The van der Waals surface area contributed by atoms with Crippen LogP contribution in [-0.2, 0) is 6.42 Å². The first-order chi connectivity index (χ1) is 17.9. The van der Waals surface area contributed by atoms with E-state index in [9.17, 15) is 19.2 Å². The highest BCUT2D eigenvalue weighted by molar-refractivity contribution is 6.42. The van der Waals surface area contributed by atoms with Crippen LogP contribution in [0.15, 0.2) is 53.6 Å². The molecule has 1 aliphatic rings. The standard InChI is InChI=1S/C26H21Cl2FN6O2/c27-20-13-22-25(36)32-15-18(35(22)23(20)28)11-16-4-5-21(29)19(12-16)26(37)34-8-2-7-33(9-10-34)24-17(14-30)3-1-6-31-24/h1,3-6,12-13,15H,2,7-11H2,(H,32,36). The molecule has 0 bridgehead atoms. The van der Waals surface area contributed by atoms with Crippen LogP contribution in [0.4, 0.5) is 10.2 Å². The summed E-state index contributed by atoms with van der Waals surface area (Å²) in [6.07, 6.45) is 4.09. The average Bonchev–Trinajstić information content (AvgIpc) is 3.07. The number of fused-ring (bicyclic) bond motifs is 1. The lowest BCUT2D eigenvalue weighted by Crippen LogP contribution is -2.36. The molecule has 1 amide bonds. The third-order valence-electron chi connectivity index (χ3n) is 6.42. The molecule has 5 rings (SSSR count). The second-order valence-electron chi connectivity index (χ2n) is 8.72. The van der Waals surface area contributed by atoms with Crippen LogP contribution < -0.4 is 10.5 Å². The van der Waals surface area contributed by atoms with Gasteiger partial charge >= 0.3 is 0 Å². The lowest BCUT2D eigenvalue weighted by molar-refractivity contribution is 0.0762. The van der Waals surface area contributed by atoms with Gasteiger partial charge in [0.15, 0.2) is 0 Å². The van der Waals surface area contributed by atoms with E-state index in [1.807, 2.05) is 4.90 Å². The van der Waals surface area contributed by atoms with E-state index in [0.29, 0.717) is 60.8 Å². The van der Waals surface area contributed by atoms with E-state index < -0.39 is 11.7 Å². The van der Waals surface area contributed by atoms with Crippen molar-refractivity contribution >= 4 is 40.4 Å². The largest absolute Gasteiger partial charge is 0.354 e. The molecule has 0 unspecified atom stereocenters. The monoisotopic (exact) mass is 538 g/mol. The van der Waals surface area contributed by atoms with Crippen molar-refractivity contribution in [3.8, 4) is 6.07 Å². The average molecular weight is 539 g/mol. The minimum Gasteiger partial charge on any atom is -0.354 e. The molecule has 11 heteroatoms. The molecule has 1 saturated heterocycles. The highest BCUT2D eigenvalue weighted by Crippen LogP contribution is 2.27. The molecule has 1 N–H and O–H groups in total. The van der Waals surface area contributed by atoms with Gasteiger partial charge < -0.3 is 14.8 Å². The Morgan fingerprint density at radius 2 is 2.00 bits per heavy atom. The van der Waals surface area contributed by atoms with E-state index in [2.05, 4.69) is 16.0 Å². The molecule has 1 aromatic carbocycles. The summed E-state index contributed by atoms with van der Waals surface area (Å²) in [6, 6.07) is 11.5. The van der Waals surface area contributed by atoms with E-state index in [1.54, 1.807) is 33.7 Å². The van der Waals surface area contributed by atoms with E-state index in [4.69, 9.17) is 23.2 Å². The molecule has 1 fully saturated rings. The number of anilines is 1. The summed E-state index contributed by atoms with van der Waals surface area (Å²) >= 11 is 12.4. The Labute approximate surface area is 221 Å². The molecule has 188 valence electrons. The molecule has 0 atom stereocenters. The molecule has 4 heterocycles. The van der Waals surface area contributed by atoms with Crippen LogP contribution in [0.5, 0.6) is 0 Å². The van der Waals surface area contributed by atoms with Gasteiger partial charge in [-0.25, -0.2) is 9.37 Å². The van der Waals surface area contributed by atoms with Gasteiger partial charge in [0.2, 0.25) is 0 Å². The number of amides is 1. The Morgan fingerprint density at radius 1 is 1.16 bits per heavy atom. The summed E-state index contributed by atoms with van der Waals surface area (Å²) in [5.74, 6) is -0.431. The highest BCUT2D eigenvalue weighted by Gasteiger charge is 2.24. The van der Waals surface area contributed by atoms with Crippen LogP contribution in [0.3, 0.4) is 0 Å². The number of aromatic amines is 1. The van der Waals surface area contributed by atoms with E-state index in [-0.39, 0.29) is 27.7 Å². The maximum absolute atomic E-state index is 14.8. The fourth-order valence-corrected chi connectivity index (χ4v) is 5.06. The number of nitrogens with one attached hydrogen (secondary N) is 1. The van der Waals surface area contributed by atoms with Gasteiger partial charge in [0.25, 0.3) is 11.5 Å². The summed E-state index contributed by atoms with van der Waals surface area (Å²) in [6.45, 7) is 1.91. The summed E-state index contributed by atoms with van der Waals surface area (Å²) in [7, 11) is 0. The number of nitrogens with zero attached hydrogens (tertiary/aromatic N) is 5. The zero-order valence-electron chi connectivity index (χ0n) is 19.5. The van der Waals surface area contributed by atoms with E-state index in [0.717, 1.165) is 0 Å². The number of rotatable bonds is 4. The van der Waals surface area contributed by atoms with Gasteiger partial charge in [0.05, 0.1) is 16.1 Å². The molecule has 8 nitrogen and oxygen atoms in total. The number of carbonyl (C=O) groups excluding carboxylic acids is 1. The number of nitriles is 1. The quantitative estimate of drug-likeness (QED) is 0.418. The number of hydrogen-bond donors (Lipinski definition) is 1. The molecule has 0 spiro atoms. The molecule has 0 saturated carbocycles. The number of pyridine rings is 1. The summed E-state index contributed by atoms with van der Waals surface area (Å²) in [5.41, 5.74) is 1.70. The van der Waals surface area contributed by atoms with Gasteiger partial charge in [-0.3, -0.25) is 14.0 Å². The fraction of sp³-hybridized carbons (Fsp3) is 0.231. The number of halogens is 3. The molecule has 37 heavy (non-hydrogen) atoms. The summed E-state index contributed by atoms with van der Waals surface area (Å²) in [4.78, 5) is 36.1. The summed E-state index contributed by atoms with van der Waals surface area (Å²) in [5, 5.41) is 9.86. The predicted molar refractivity (Wildman–Crippen MR) is 139 cm³/mol. The minimum atomic E-state index is -0.611. The molecule has 1 aliphatic heterocycles. The van der Waals surface area contributed by atoms with Gasteiger partial charge in [0.1, 0.15) is 28.4 Å². The van der Waals surface area contributed by atoms with Crippen molar-refractivity contribution in [3.05, 3.63) is 97.5 Å². The third kappa shape index (κ3) is 4.78. The number of H-pyrrole nitrogens is 1. The molecule has 3 aromatic heterocycles. The van der Waals surface area contributed by atoms with Gasteiger partial charge in [-0.05, 0) is 42.3 Å². The number of benzene rings is 1. The van der Waals surface area contributed by atoms with Crippen molar-refractivity contribution in [3.63, 3.8) is 0 Å². The Bertz CT molecular complexity index is 1610. The first-order valence-electron chi connectivity index (χ1n) is 11.6. The third-order valence-corrected chi connectivity index (χ3v) is 7.18. The maximum Gasteiger partial charge on any atom is 0.272 e. The number of aromatic nitrogens is 3. The molecule has 0 radical (unpaired) electrons. The number of hydrogen-bond acceptors (Lipinski definition) is 5. The first kappa shape index (κ1) is 24.8. The van der Waals surface area contributed by atoms with Gasteiger partial charge in [-0.2, -0.15) is 5.26 Å². The smallest absolute Gasteiger partial charge is 0.272 e. The van der Waals surface area contributed by atoms with Crippen LogP contribution in [0.2, 0.25) is 10.2 Å². The van der Waals surface area contributed by atoms with Crippen molar-refractivity contribution in [2.45, 2.75) is 12.8 Å². The van der Waals surface area contributed by atoms with Crippen molar-refractivity contribution in [2.24, 2.45) is 0 Å². The van der Waals surface area contributed by atoms with Gasteiger partial charge in [-0.1, -0.05) is 29.3 Å². The van der Waals surface area contributed by atoms with Crippen molar-refractivity contribution in [1.29, 1.82) is 5.26 Å². The second-order valence-corrected chi connectivity index (χ2v) is 9.49. The summed E-state index contributed by atoms with van der Waals surface area (Å²) < 4.78 is 16.4. The second kappa shape index (κ2) is 10.2. The zero-order valence-corrected chi connectivity index (χ0v) is 21.1. The van der Waals surface area contributed by atoms with Gasteiger partial charge in [-0.15, -0.1) is 0 Å². The van der Waals surface area contributed by atoms with Crippen LogP contribution in [0.25, 0.3) is 5.52 Å². The topological polar surface area (TPSA) is 97.5 Å². The predicted octanol–water partition coefficient (Wildman–Crippen LogP) is 4.28. The highest BCUT2D eigenvalue weighted by atomic mass is 35.5. The Balaban J connectivity index is 1.38. The Morgan fingerprint density at radius 3 is 2.81 bits per heavy atom. The van der Waals surface area contributed by atoms with Crippen molar-refractivity contribution < 1.29 is 9.18 Å². The van der Waals surface area contributed by atoms with Gasteiger partial charge in [0, 0.05) is 50.7 Å². The van der Waals surface area contributed by atoms with Crippen LogP contribution in [0, 0.1) is 17.1 Å². The molecular weight excluding hydrogens is 518 g/mol. The maximum atomic E-state index is 14.8. The van der Waals surface area contributed by atoms with Crippen molar-refractivity contribution in [1.82, 2.24) is 19.3 Å². The minimum absolute atomic E-state index is 0.0289. The van der Waals surface area contributed by atoms with E-state index >= 15 is 0 Å². The van der Waals surface area contributed by atoms with Crippen molar-refractivity contribution in [2.75, 3.05) is 31.1 Å². The molecular formula is C26H21Cl2FN6O2. The first-order valence-corrected chi connectivity index (χ1v) is 12.4. The Kier molecular flexibility index (Phi) is 6.87. The Hall–Kier alpha value is -3.87. The lowest BCUT2D eigenvalue weighted by Gasteiger charge is -2.23. The van der Waals surface area contributed by atoms with Crippen LogP contribution in [-0.4, -0.2) is 51.4 Å². The van der Waals surface area contributed by atoms with E-state index in [1.165, 1.54) is 24.4 Å². The normalized spacial score (nSPS) is 14.0. The van der Waals surface area contributed by atoms with Crippen LogP contribution >= 0.6 is 23.2 Å². The van der Waals surface area contributed by atoms with Crippen LogP contribution in [0.1, 0.15) is 33.6 Å². The zero-order chi connectivity index (χ0) is 26.1. The number of carbonyl (C=O) groups is 1. The fourth-order valence-electron chi connectivity index (χ4n) is 4.62. The molecule has 4 aromatic rings. The molecule has 0 aliphatic carbocycles.